The summed E-state index contributed by atoms with van der Waals surface area (Å²) < 4.78 is 6.77. The fourth-order valence-corrected chi connectivity index (χ4v) is 8.56. The van der Waals surface area contributed by atoms with E-state index in [9.17, 15) is 0 Å². The number of amidine groups is 1. The van der Waals surface area contributed by atoms with E-state index in [1.807, 2.05) is 0 Å². The van der Waals surface area contributed by atoms with Crippen LogP contribution in [0, 0.1) is 0 Å². The van der Waals surface area contributed by atoms with E-state index in [0.717, 1.165) is 66.7 Å². The largest absolute Gasteiger partial charge is 0.455 e. The van der Waals surface area contributed by atoms with Crippen LogP contribution in [0.1, 0.15) is 29.0 Å². The molecule has 11 rings (SSSR count). The van der Waals surface area contributed by atoms with Crippen LogP contribution in [0.15, 0.2) is 197 Å². The highest BCUT2D eigenvalue weighted by Gasteiger charge is 2.29. The fraction of sp³-hybridized carbons (Fsp3) is 0.0392. The number of nitrogens with one attached hydrogen (secondary N) is 2. The highest BCUT2D eigenvalue weighted by atomic mass is 16.3. The fourth-order valence-electron chi connectivity index (χ4n) is 8.56. The summed E-state index contributed by atoms with van der Waals surface area (Å²) in [6.07, 6.45) is -0.517. The normalized spacial score (nSPS) is 15.8. The molecule has 55 heavy (non-hydrogen) atoms. The number of aliphatic imine (C=N–C) groups is 1. The van der Waals surface area contributed by atoms with Crippen LogP contribution >= 0.6 is 0 Å². The summed E-state index contributed by atoms with van der Waals surface area (Å²) in [7, 11) is 0. The van der Waals surface area contributed by atoms with Gasteiger partial charge in [0.25, 0.3) is 0 Å². The van der Waals surface area contributed by atoms with Crippen molar-refractivity contribution >= 4 is 60.1 Å². The summed E-state index contributed by atoms with van der Waals surface area (Å²) >= 11 is 0. The van der Waals surface area contributed by atoms with Gasteiger partial charge in [-0.1, -0.05) is 170 Å². The molecule has 2 atom stereocenters. The maximum Gasteiger partial charge on any atom is 0.143 e. The highest BCUT2D eigenvalue weighted by molar-refractivity contribution is 6.19. The predicted octanol–water partition coefficient (Wildman–Crippen LogP) is 12.7. The van der Waals surface area contributed by atoms with Crippen LogP contribution in [-0.2, 0) is 0 Å². The Morgan fingerprint density at radius 3 is 2.02 bits per heavy atom. The van der Waals surface area contributed by atoms with Gasteiger partial charge in [-0.2, -0.15) is 0 Å². The van der Waals surface area contributed by atoms with Gasteiger partial charge >= 0.3 is 0 Å². The van der Waals surface area contributed by atoms with Crippen LogP contribution < -0.4 is 10.6 Å². The molecule has 0 aliphatic carbocycles. The number of para-hydroxylation sites is 1. The molecule has 0 fully saturated rings. The standard InChI is InChI=1S/C51H35N3O/c1-2-15-33(16-3-1)49-52-50(54-51(53-49)45-31-35-18-6-7-19-37(35)39-20-8-9-21-40(39)45)43-23-11-10-22-41(43)42-25-13-27-46-47(42)44-26-12-24-38(48(44)55-46)36-29-28-32-14-4-5-17-34(32)30-36/h1-31,49-50,52H,(H,53,54). The Labute approximate surface area is 318 Å². The van der Waals surface area contributed by atoms with Crippen molar-refractivity contribution in [1.29, 1.82) is 0 Å². The Bertz CT molecular complexity index is 3120. The molecule has 4 nitrogen and oxygen atoms in total. The predicted molar refractivity (Wildman–Crippen MR) is 228 cm³/mol. The monoisotopic (exact) mass is 705 g/mol. The average Bonchev–Trinajstić information content (AvgIpc) is 3.65. The average molecular weight is 706 g/mol. The van der Waals surface area contributed by atoms with Crippen molar-refractivity contribution in [3.05, 3.63) is 205 Å². The van der Waals surface area contributed by atoms with E-state index >= 15 is 0 Å². The van der Waals surface area contributed by atoms with E-state index in [0.29, 0.717) is 0 Å². The van der Waals surface area contributed by atoms with Gasteiger partial charge in [0, 0.05) is 21.9 Å². The number of benzene rings is 9. The molecule has 10 aromatic rings. The van der Waals surface area contributed by atoms with Crippen LogP contribution in [0.3, 0.4) is 0 Å². The molecule has 0 amide bonds. The van der Waals surface area contributed by atoms with Gasteiger partial charge in [0.05, 0.1) is 0 Å². The Kier molecular flexibility index (Phi) is 7.35. The van der Waals surface area contributed by atoms with Crippen molar-refractivity contribution in [2.24, 2.45) is 4.99 Å². The second-order valence-corrected chi connectivity index (χ2v) is 14.3. The third kappa shape index (κ3) is 5.30. The Balaban J connectivity index is 1.07. The van der Waals surface area contributed by atoms with Gasteiger partial charge in [0.2, 0.25) is 0 Å². The van der Waals surface area contributed by atoms with E-state index in [1.54, 1.807) is 0 Å². The number of fused-ring (bicyclic) bond motifs is 7. The molecule has 0 radical (unpaired) electrons. The Morgan fingerprint density at radius 1 is 0.455 bits per heavy atom. The van der Waals surface area contributed by atoms with Crippen molar-refractivity contribution < 1.29 is 4.42 Å². The maximum absolute atomic E-state index is 6.77. The smallest absolute Gasteiger partial charge is 0.143 e. The van der Waals surface area contributed by atoms with Gasteiger partial charge in [0.1, 0.15) is 29.3 Å². The molecule has 4 heteroatoms. The number of hydrogen-bond donors (Lipinski definition) is 2. The third-order valence-electron chi connectivity index (χ3n) is 11.1. The van der Waals surface area contributed by atoms with Gasteiger partial charge < -0.3 is 9.73 Å². The first-order valence-electron chi connectivity index (χ1n) is 18.9. The molecule has 260 valence electrons. The summed E-state index contributed by atoms with van der Waals surface area (Å²) in [6.45, 7) is 0. The Morgan fingerprint density at radius 2 is 1.13 bits per heavy atom. The molecule has 2 heterocycles. The quantitative estimate of drug-likeness (QED) is 0.175. The number of furan rings is 1. The first kappa shape index (κ1) is 31.5. The van der Waals surface area contributed by atoms with Crippen LogP contribution in [0.25, 0.3) is 76.5 Å². The van der Waals surface area contributed by atoms with E-state index in [-0.39, 0.29) is 12.3 Å². The summed E-state index contributed by atoms with van der Waals surface area (Å²) in [5.74, 6) is 0.862. The van der Waals surface area contributed by atoms with Crippen molar-refractivity contribution in [2.75, 3.05) is 0 Å². The lowest BCUT2D eigenvalue weighted by molar-refractivity contribution is 0.410. The van der Waals surface area contributed by atoms with Gasteiger partial charge in [-0.05, 0) is 78.3 Å². The number of hydrogen-bond acceptors (Lipinski definition) is 4. The number of rotatable bonds is 5. The molecule has 0 bridgehead atoms. The summed E-state index contributed by atoms with van der Waals surface area (Å²) in [5, 5.41) is 17.2. The molecular weight excluding hydrogens is 671 g/mol. The second-order valence-electron chi connectivity index (χ2n) is 14.3. The Hall–Kier alpha value is -7.01. The van der Waals surface area contributed by atoms with Crippen molar-refractivity contribution in [1.82, 2.24) is 10.6 Å². The zero-order valence-electron chi connectivity index (χ0n) is 29.9. The van der Waals surface area contributed by atoms with Gasteiger partial charge in [0.15, 0.2) is 0 Å². The molecule has 0 spiro atoms. The van der Waals surface area contributed by atoms with Crippen molar-refractivity contribution in [3.63, 3.8) is 0 Å². The van der Waals surface area contributed by atoms with Crippen LogP contribution in [0.5, 0.6) is 0 Å². The number of nitrogens with zero attached hydrogens (tertiary/aromatic N) is 1. The van der Waals surface area contributed by atoms with E-state index in [1.165, 1.54) is 32.3 Å². The first-order valence-corrected chi connectivity index (χ1v) is 18.9. The van der Waals surface area contributed by atoms with Gasteiger partial charge in [-0.15, -0.1) is 0 Å². The molecule has 0 saturated carbocycles. The second kappa shape index (κ2) is 12.8. The van der Waals surface area contributed by atoms with E-state index < -0.39 is 0 Å². The maximum atomic E-state index is 6.77. The molecule has 2 unspecified atom stereocenters. The van der Waals surface area contributed by atoms with Gasteiger partial charge in [-0.3, -0.25) is 5.32 Å². The molecular formula is C51H35N3O. The lowest BCUT2D eigenvalue weighted by Crippen LogP contribution is -2.45. The van der Waals surface area contributed by atoms with Crippen LogP contribution in [-0.4, -0.2) is 5.84 Å². The van der Waals surface area contributed by atoms with E-state index in [2.05, 4.69) is 199 Å². The van der Waals surface area contributed by atoms with Crippen LogP contribution in [0.4, 0.5) is 0 Å². The lowest BCUT2D eigenvalue weighted by Gasteiger charge is -2.33. The zero-order chi connectivity index (χ0) is 36.3. The minimum Gasteiger partial charge on any atom is -0.455 e. The van der Waals surface area contributed by atoms with Crippen molar-refractivity contribution in [2.45, 2.75) is 12.3 Å². The molecule has 0 saturated heterocycles. The molecule has 1 aliphatic heterocycles. The first-order chi connectivity index (χ1) is 27.3. The minimum atomic E-state index is -0.268. The summed E-state index contributed by atoms with van der Waals surface area (Å²) in [5.41, 5.74) is 9.58. The molecule has 9 aromatic carbocycles. The van der Waals surface area contributed by atoms with E-state index in [4.69, 9.17) is 9.41 Å². The lowest BCUT2D eigenvalue weighted by atomic mass is 9.92. The summed E-state index contributed by atoms with van der Waals surface area (Å²) in [6, 6.07) is 66.9. The van der Waals surface area contributed by atoms with Crippen LogP contribution in [0.2, 0.25) is 0 Å². The third-order valence-corrected chi connectivity index (χ3v) is 11.1. The van der Waals surface area contributed by atoms with Gasteiger partial charge in [-0.25, -0.2) is 4.99 Å². The molecule has 2 N–H and O–H groups in total. The van der Waals surface area contributed by atoms with Crippen molar-refractivity contribution in [3.8, 4) is 22.3 Å². The SMILES string of the molecule is c1ccc(C2N=C(c3cc4ccccc4c4ccccc34)NC(c3ccccc3-c3cccc4oc5c(-c6ccc7ccccc7c6)cccc5c34)N2)cc1. The molecule has 1 aliphatic rings. The zero-order valence-corrected chi connectivity index (χ0v) is 29.9. The minimum absolute atomic E-state index is 0.249. The highest BCUT2D eigenvalue weighted by Crippen LogP contribution is 2.43. The molecule has 1 aromatic heterocycles. The topological polar surface area (TPSA) is 49.6 Å². The summed E-state index contributed by atoms with van der Waals surface area (Å²) in [4.78, 5) is 5.38.